The number of nitrogens with one attached hydrogen (secondary N) is 1. The highest BCUT2D eigenvalue weighted by molar-refractivity contribution is 7.90. The van der Waals surface area contributed by atoms with Gasteiger partial charge in [0, 0.05) is 37.7 Å². The molecule has 0 unspecified atom stereocenters. The number of carbonyl (C=O) groups is 1. The van der Waals surface area contributed by atoms with Crippen molar-refractivity contribution in [1.29, 1.82) is 0 Å². The fraction of sp³-hybridized carbons (Fsp3) is 0.618. The van der Waals surface area contributed by atoms with Gasteiger partial charge in [-0.05, 0) is 91.1 Å². The summed E-state index contributed by atoms with van der Waals surface area (Å²) in [6.45, 7) is 12.6. The SMILES string of the molecule is CC(C)N(C(=O)c1cc(F)ccc1Oc1cncnc1N1CC2(CCN(C[C@@H]3CCC(NS(=O)(=O)C(C)C)=CO3)CC2)C1)[C@@H]1CCOC1. The summed E-state index contributed by atoms with van der Waals surface area (Å²) in [7, 11) is -3.37. The number of benzene rings is 1. The Bertz CT molecular complexity index is 1600. The van der Waals surface area contributed by atoms with E-state index in [1.54, 1.807) is 31.2 Å². The van der Waals surface area contributed by atoms with Crippen LogP contribution in [0.1, 0.15) is 70.2 Å². The fourth-order valence-electron chi connectivity index (χ4n) is 7.06. The predicted molar refractivity (Wildman–Crippen MR) is 179 cm³/mol. The number of halogens is 1. The van der Waals surface area contributed by atoms with Crippen LogP contribution in [0.15, 0.2) is 42.7 Å². The van der Waals surface area contributed by atoms with Gasteiger partial charge in [0.2, 0.25) is 10.0 Å². The number of rotatable bonds is 11. The maximum atomic E-state index is 14.5. The largest absolute Gasteiger partial charge is 0.495 e. The molecule has 0 bridgehead atoms. The minimum atomic E-state index is -3.37. The first-order chi connectivity index (χ1) is 22.9. The van der Waals surface area contributed by atoms with E-state index < -0.39 is 21.1 Å². The average Bonchev–Trinajstić information content (AvgIpc) is 3.56. The molecule has 262 valence electrons. The summed E-state index contributed by atoms with van der Waals surface area (Å²) in [6.07, 6.45) is 8.92. The van der Waals surface area contributed by atoms with Crippen LogP contribution in [0, 0.1) is 11.2 Å². The number of aromatic nitrogens is 2. The molecule has 5 heterocycles. The van der Waals surface area contributed by atoms with E-state index >= 15 is 0 Å². The highest BCUT2D eigenvalue weighted by Crippen LogP contribution is 2.45. The van der Waals surface area contributed by atoms with Crippen molar-refractivity contribution < 1.29 is 31.8 Å². The molecule has 3 fully saturated rings. The maximum Gasteiger partial charge on any atom is 0.258 e. The lowest BCUT2D eigenvalue weighted by Gasteiger charge is -2.54. The second-order valence-electron chi connectivity index (χ2n) is 14.1. The highest BCUT2D eigenvalue weighted by Gasteiger charge is 2.46. The van der Waals surface area contributed by atoms with E-state index in [4.69, 9.17) is 14.2 Å². The zero-order chi connectivity index (χ0) is 34.1. The van der Waals surface area contributed by atoms with Crippen molar-refractivity contribution in [3.8, 4) is 11.5 Å². The Balaban J connectivity index is 1.05. The van der Waals surface area contributed by atoms with Gasteiger partial charge in [0.1, 0.15) is 30.3 Å². The van der Waals surface area contributed by atoms with Gasteiger partial charge in [-0.25, -0.2) is 22.8 Å². The van der Waals surface area contributed by atoms with E-state index in [9.17, 15) is 17.6 Å². The minimum absolute atomic E-state index is 0.0346. The van der Waals surface area contributed by atoms with Crippen LogP contribution < -0.4 is 14.4 Å². The molecule has 0 aliphatic carbocycles. The summed E-state index contributed by atoms with van der Waals surface area (Å²) >= 11 is 0. The van der Waals surface area contributed by atoms with Gasteiger partial charge in [0.15, 0.2) is 11.6 Å². The van der Waals surface area contributed by atoms with Crippen LogP contribution in [0.2, 0.25) is 0 Å². The lowest BCUT2D eigenvalue weighted by molar-refractivity contribution is 0.0293. The van der Waals surface area contributed by atoms with Crippen molar-refractivity contribution in [1.82, 2.24) is 24.5 Å². The molecule has 14 heteroatoms. The van der Waals surface area contributed by atoms with Crippen LogP contribution in [0.5, 0.6) is 11.5 Å². The van der Waals surface area contributed by atoms with Crippen LogP contribution in [-0.2, 0) is 19.5 Å². The number of allylic oxidation sites excluding steroid dienone is 1. The smallest absolute Gasteiger partial charge is 0.258 e. The second-order valence-corrected chi connectivity index (χ2v) is 16.3. The summed E-state index contributed by atoms with van der Waals surface area (Å²) in [5.74, 6) is 0.520. The maximum absolute atomic E-state index is 14.5. The van der Waals surface area contributed by atoms with Gasteiger partial charge < -0.3 is 24.0 Å². The zero-order valence-corrected chi connectivity index (χ0v) is 29.0. The molecule has 1 aromatic heterocycles. The van der Waals surface area contributed by atoms with Crippen molar-refractivity contribution in [2.75, 3.05) is 50.8 Å². The van der Waals surface area contributed by atoms with Gasteiger partial charge >= 0.3 is 0 Å². The number of hydrogen-bond acceptors (Lipinski definition) is 10. The van der Waals surface area contributed by atoms with Crippen molar-refractivity contribution >= 4 is 21.7 Å². The molecule has 48 heavy (non-hydrogen) atoms. The van der Waals surface area contributed by atoms with Crippen LogP contribution in [0.4, 0.5) is 10.2 Å². The first-order valence-electron chi connectivity index (χ1n) is 16.9. The van der Waals surface area contributed by atoms with Crippen LogP contribution in [0.25, 0.3) is 0 Å². The predicted octanol–water partition coefficient (Wildman–Crippen LogP) is 4.30. The molecular formula is C34H47FN6O6S. The summed E-state index contributed by atoms with van der Waals surface area (Å²) in [5.41, 5.74) is 0.939. The Morgan fingerprint density at radius 3 is 2.58 bits per heavy atom. The quantitative estimate of drug-likeness (QED) is 0.366. The van der Waals surface area contributed by atoms with Crippen molar-refractivity contribution in [2.45, 2.75) is 83.2 Å². The molecule has 3 saturated heterocycles. The molecule has 1 amide bonds. The summed E-state index contributed by atoms with van der Waals surface area (Å²) in [5, 5.41) is -0.496. The lowest BCUT2D eigenvalue weighted by atomic mass is 9.72. The lowest BCUT2D eigenvalue weighted by Crippen LogP contribution is -2.61. The molecule has 0 saturated carbocycles. The second kappa shape index (κ2) is 14.2. The van der Waals surface area contributed by atoms with Gasteiger partial charge in [-0.1, -0.05) is 0 Å². The average molecular weight is 687 g/mol. The van der Waals surface area contributed by atoms with Gasteiger partial charge in [-0.2, -0.15) is 0 Å². The molecule has 6 rings (SSSR count). The Morgan fingerprint density at radius 2 is 1.94 bits per heavy atom. The van der Waals surface area contributed by atoms with Gasteiger partial charge in [-0.15, -0.1) is 0 Å². The number of amides is 1. The van der Waals surface area contributed by atoms with Gasteiger partial charge in [-0.3, -0.25) is 14.4 Å². The van der Waals surface area contributed by atoms with E-state index in [0.29, 0.717) is 36.9 Å². The fourth-order valence-corrected chi connectivity index (χ4v) is 7.81. The first-order valence-corrected chi connectivity index (χ1v) is 18.5. The van der Waals surface area contributed by atoms with Gasteiger partial charge in [0.05, 0.1) is 35.4 Å². The van der Waals surface area contributed by atoms with E-state index in [2.05, 4.69) is 24.5 Å². The van der Waals surface area contributed by atoms with E-state index in [0.717, 1.165) is 58.4 Å². The van der Waals surface area contributed by atoms with Gasteiger partial charge in [0.25, 0.3) is 5.91 Å². The number of hydrogen-bond donors (Lipinski definition) is 1. The Hall–Kier alpha value is -3.49. The molecule has 1 aromatic carbocycles. The van der Waals surface area contributed by atoms with E-state index in [1.807, 2.05) is 13.8 Å². The van der Waals surface area contributed by atoms with Crippen LogP contribution in [0.3, 0.4) is 0 Å². The topological polar surface area (TPSA) is 126 Å². The van der Waals surface area contributed by atoms with E-state index in [-0.39, 0.29) is 40.8 Å². The molecule has 4 aliphatic heterocycles. The highest BCUT2D eigenvalue weighted by atomic mass is 32.2. The first kappa shape index (κ1) is 34.4. The molecule has 0 radical (unpaired) electrons. The monoisotopic (exact) mass is 686 g/mol. The van der Waals surface area contributed by atoms with Crippen molar-refractivity contribution in [3.63, 3.8) is 0 Å². The third kappa shape index (κ3) is 7.55. The molecule has 2 aromatic rings. The molecule has 1 spiro atoms. The third-order valence-electron chi connectivity index (χ3n) is 9.90. The number of ether oxygens (including phenoxy) is 3. The van der Waals surface area contributed by atoms with Crippen molar-refractivity contribution in [3.05, 3.63) is 54.1 Å². The third-order valence-corrected chi connectivity index (χ3v) is 11.7. The zero-order valence-electron chi connectivity index (χ0n) is 28.2. The number of anilines is 1. The van der Waals surface area contributed by atoms with Crippen molar-refractivity contribution in [2.24, 2.45) is 5.41 Å². The summed E-state index contributed by atoms with van der Waals surface area (Å²) in [6, 6.07) is 3.85. The normalized spacial score (nSPS) is 22.7. The number of sulfonamides is 1. The number of likely N-dealkylation sites (tertiary alicyclic amines) is 1. The molecule has 12 nitrogen and oxygen atoms in total. The number of carbonyl (C=O) groups excluding carboxylic acids is 1. The number of nitrogens with zero attached hydrogens (tertiary/aromatic N) is 5. The molecule has 2 atom stereocenters. The summed E-state index contributed by atoms with van der Waals surface area (Å²) in [4.78, 5) is 28.9. The molecule has 4 aliphatic rings. The molecular weight excluding hydrogens is 639 g/mol. The minimum Gasteiger partial charge on any atom is -0.495 e. The van der Waals surface area contributed by atoms with Crippen LogP contribution in [-0.4, -0.2) is 103 Å². The Kier molecular flexibility index (Phi) is 10.1. The van der Waals surface area contributed by atoms with Crippen LogP contribution >= 0.6 is 0 Å². The molecule has 1 N–H and O–H groups in total. The number of piperidine rings is 1. The standard InChI is InChI=1S/C34H47FN6O6S/c1-23(2)41(27-9-14-45-19-27)33(42)29-15-25(35)5-8-30(29)47-31-16-36-22-37-32(31)40-20-34(21-40)10-12-39(13-11-34)17-28-7-6-26(18-46-28)38-48(43,44)24(3)4/h5,8,15-16,18,22-24,27-28,38H,6-7,9-14,17,19-21H2,1-4H3/t27-,28+/m1/s1. The summed E-state index contributed by atoms with van der Waals surface area (Å²) < 4.78 is 59.3. The Morgan fingerprint density at radius 1 is 1.17 bits per heavy atom. The van der Waals surface area contributed by atoms with E-state index in [1.165, 1.54) is 24.5 Å². The Labute approximate surface area is 282 Å².